The number of aliphatic hydroxyl groups is 1. The number of hydrogen-bond donors (Lipinski definition) is 6. The fourth-order valence-corrected chi connectivity index (χ4v) is 2.53. The van der Waals surface area contributed by atoms with Crippen LogP contribution in [0.1, 0.15) is 54.4 Å². The minimum absolute atomic E-state index is 0.0594. The van der Waals surface area contributed by atoms with Gasteiger partial charge < -0.3 is 31.9 Å². The van der Waals surface area contributed by atoms with Crippen LogP contribution in [0.25, 0.3) is 0 Å². The summed E-state index contributed by atoms with van der Waals surface area (Å²) < 4.78 is 0. The molecule has 7 N–H and O–H groups in total. The van der Waals surface area contributed by atoms with E-state index in [-0.39, 0.29) is 11.8 Å². The molecule has 0 aromatic carbocycles. The number of carboxylic acid groups (broad SMARTS) is 1. The molecule has 6 unspecified atom stereocenters. The van der Waals surface area contributed by atoms with Crippen LogP contribution in [0, 0.1) is 11.8 Å². The number of carbonyl (C=O) groups is 4. The molecule has 0 aliphatic heterocycles. The maximum Gasteiger partial charge on any atom is 0.328 e. The van der Waals surface area contributed by atoms with Crippen molar-refractivity contribution < 1.29 is 29.4 Å². The summed E-state index contributed by atoms with van der Waals surface area (Å²) in [4.78, 5) is 48.3. The van der Waals surface area contributed by atoms with Gasteiger partial charge in [-0.15, -0.1) is 0 Å². The Balaban J connectivity index is 5.10. The standard InChI is InChI=1S/C19H36N4O6/c1-7-10(4)14(20)18(27)22-13(8-9(2)3)17(26)21-11(5)16(25)23-15(12(6)24)19(28)29/h9-15,24H,7-8,20H2,1-6H3,(H,21,26)(H,22,27)(H,23,25)(H,28,29). The van der Waals surface area contributed by atoms with Gasteiger partial charge in [0.2, 0.25) is 17.7 Å². The van der Waals surface area contributed by atoms with Gasteiger partial charge in [0.05, 0.1) is 12.1 Å². The van der Waals surface area contributed by atoms with Gasteiger partial charge in [0, 0.05) is 0 Å². The third-order valence-corrected chi connectivity index (χ3v) is 4.70. The first-order valence-electron chi connectivity index (χ1n) is 9.89. The normalized spacial score (nSPS) is 17.4. The van der Waals surface area contributed by atoms with Crippen LogP contribution >= 0.6 is 0 Å². The Morgan fingerprint density at radius 3 is 1.86 bits per heavy atom. The Hall–Kier alpha value is -2.20. The maximum atomic E-state index is 12.6. The van der Waals surface area contributed by atoms with E-state index in [9.17, 15) is 24.3 Å². The summed E-state index contributed by atoms with van der Waals surface area (Å²) in [5.41, 5.74) is 5.92. The Labute approximate surface area is 172 Å². The zero-order valence-corrected chi connectivity index (χ0v) is 18.1. The van der Waals surface area contributed by atoms with Crippen LogP contribution in [-0.4, -0.2) is 64.2 Å². The number of hydrogen-bond acceptors (Lipinski definition) is 6. The number of nitrogens with one attached hydrogen (secondary N) is 3. The fourth-order valence-electron chi connectivity index (χ4n) is 2.53. The number of carbonyl (C=O) groups excluding carboxylic acids is 3. The summed E-state index contributed by atoms with van der Waals surface area (Å²) in [5.74, 6) is -3.15. The van der Waals surface area contributed by atoms with Crippen molar-refractivity contribution in [3.63, 3.8) is 0 Å². The van der Waals surface area contributed by atoms with Gasteiger partial charge in [-0.2, -0.15) is 0 Å². The SMILES string of the molecule is CCC(C)C(N)C(=O)NC(CC(C)C)C(=O)NC(C)C(=O)NC(C(=O)O)C(C)O. The van der Waals surface area contributed by atoms with E-state index in [1.807, 2.05) is 27.7 Å². The Kier molecular flexibility index (Phi) is 11.4. The van der Waals surface area contributed by atoms with Gasteiger partial charge >= 0.3 is 5.97 Å². The molecule has 0 saturated carbocycles. The van der Waals surface area contributed by atoms with Crippen LogP contribution in [0.4, 0.5) is 0 Å². The number of rotatable bonds is 12. The first kappa shape index (κ1) is 26.8. The minimum atomic E-state index is -1.50. The van der Waals surface area contributed by atoms with Gasteiger partial charge in [0.15, 0.2) is 6.04 Å². The number of aliphatic hydroxyl groups excluding tert-OH is 1. The molecular weight excluding hydrogens is 380 g/mol. The third-order valence-electron chi connectivity index (χ3n) is 4.70. The second-order valence-corrected chi connectivity index (χ2v) is 7.90. The van der Waals surface area contributed by atoms with E-state index < -0.39 is 54.0 Å². The predicted molar refractivity (Wildman–Crippen MR) is 108 cm³/mol. The predicted octanol–water partition coefficient (Wildman–Crippen LogP) is -0.654. The molecule has 3 amide bonds. The van der Waals surface area contributed by atoms with Gasteiger partial charge in [0.1, 0.15) is 12.1 Å². The van der Waals surface area contributed by atoms with Crippen molar-refractivity contribution in [1.29, 1.82) is 0 Å². The number of amides is 3. The zero-order valence-electron chi connectivity index (χ0n) is 18.1. The van der Waals surface area contributed by atoms with Crippen molar-refractivity contribution in [2.45, 2.75) is 84.7 Å². The second-order valence-electron chi connectivity index (χ2n) is 7.90. The highest BCUT2D eigenvalue weighted by Crippen LogP contribution is 2.09. The highest BCUT2D eigenvalue weighted by molar-refractivity contribution is 5.94. The van der Waals surface area contributed by atoms with Crippen LogP contribution in [-0.2, 0) is 19.2 Å². The molecular formula is C19H36N4O6. The Morgan fingerprint density at radius 2 is 1.45 bits per heavy atom. The molecule has 10 nitrogen and oxygen atoms in total. The monoisotopic (exact) mass is 416 g/mol. The van der Waals surface area contributed by atoms with E-state index in [2.05, 4.69) is 16.0 Å². The summed E-state index contributed by atoms with van der Waals surface area (Å²) >= 11 is 0. The van der Waals surface area contributed by atoms with Gasteiger partial charge in [0.25, 0.3) is 0 Å². The first-order valence-corrected chi connectivity index (χ1v) is 9.89. The third kappa shape index (κ3) is 9.23. The van der Waals surface area contributed by atoms with Crippen LogP contribution in [0.15, 0.2) is 0 Å². The van der Waals surface area contributed by atoms with Crippen LogP contribution in [0.2, 0.25) is 0 Å². The van der Waals surface area contributed by atoms with Gasteiger partial charge in [-0.25, -0.2) is 4.79 Å². The van der Waals surface area contributed by atoms with Gasteiger partial charge in [-0.05, 0) is 32.1 Å². The topological polar surface area (TPSA) is 171 Å². The lowest BCUT2D eigenvalue weighted by atomic mass is 9.97. The molecule has 0 spiro atoms. The second kappa shape index (κ2) is 12.4. The first-order chi connectivity index (χ1) is 13.3. The molecule has 29 heavy (non-hydrogen) atoms. The lowest BCUT2D eigenvalue weighted by molar-refractivity contribution is -0.145. The fraction of sp³-hybridized carbons (Fsp3) is 0.789. The van der Waals surface area contributed by atoms with E-state index in [0.29, 0.717) is 12.8 Å². The Morgan fingerprint density at radius 1 is 0.897 bits per heavy atom. The summed E-state index contributed by atoms with van der Waals surface area (Å²) in [7, 11) is 0. The smallest absolute Gasteiger partial charge is 0.328 e. The van der Waals surface area contributed by atoms with Crippen LogP contribution in [0.5, 0.6) is 0 Å². The van der Waals surface area contributed by atoms with Crippen LogP contribution in [0.3, 0.4) is 0 Å². The van der Waals surface area contributed by atoms with Gasteiger partial charge in [-0.1, -0.05) is 34.1 Å². The van der Waals surface area contributed by atoms with Crippen molar-refractivity contribution in [2.24, 2.45) is 17.6 Å². The maximum absolute atomic E-state index is 12.6. The summed E-state index contributed by atoms with van der Waals surface area (Å²) in [6, 6.07) is -4.22. The molecule has 0 bridgehead atoms. The quantitative estimate of drug-likeness (QED) is 0.245. The molecule has 168 valence electrons. The molecule has 0 radical (unpaired) electrons. The van der Waals surface area contributed by atoms with E-state index in [1.165, 1.54) is 13.8 Å². The van der Waals surface area contributed by atoms with Crippen molar-refractivity contribution >= 4 is 23.7 Å². The Bertz CT molecular complexity index is 581. The van der Waals surface area contributed by atoms with E-state index in [4.69, 9.17) is 10.8 Å². The summed E-state index contributed by atoms with van der Waals surface area (Å²) in [5, 5.41) is 25.8. The molecule has 0 aromatic rings. The number of aliphatic carboxylic acids is 1. The van der Waals surface area contributed by atoms with Crippen molar-refractivity contribution in [2.75, 3.05) is 0 Å². The van der Waals surface area contributed by atoms with E-state index in [0.717, 1.165) is 0 Å². The molecule has 0 fully saturated rings. The average Bonchev–Trinajstić information content (AvgIpc) is 2.62. The lowest BCUT2D eigenvalue weighted by Crippen LogP contribution is -2.58. The van der Waals surface area contributed by atoms with Crippen molar-refractivity contribution in [1.82, 2.24) is 16.0 Å². The molecule has 0 aliphatic rings. The van der Waals surface area contributed by atoms with E-state index in [1.54, 1.807) is 0 Å². The highest BCUT2D eigenvalue weighted by Gasteiger charge is 2.30. The molecule has 10 heteroatoms. The molecule has 0 saturated heterocycles. The van der Waals surface area contributed by atoms with Crippen molar-refractivity contribution in [3.05, 3.63) is 0 Å². The summed E-state index contributed by atoms with van der Waals surface area (Å²) in [6.45, 7) is 10.1. The summed E-state index contributed by atoms with van der Waals surface area (Å²) in [6.07, 6.45) is -0.264. The molecule has 0 aliphatic carbocycles. The number of carboxylic acids is 1. The molecule has 0 heterocycles. The van der Waals surface area contributed by atoms with Crippen molar-refractivity contribution in [3.8, 4) is 0 Å². The minimum Gasteiger partial charge on any atom is -0.480 e. The largest absolute Gasteiger partial charge is 0.480 e. The van der Waals surface area contributed by atoms with Crippen LogP contribution < -0.4 is 21.7 Å². The van der Waals surface area contributed by atoms with E-state index >= 15 is 0 Å². The molecule has 6 atom stereocenters. The molecule has 0 aromatic heterocycles. The lowest BCUT2D eigenvalue weighted by Gasteiger charge is -2.26. The zero-order chi connectivity index (χ0) is 22.9. The number of nitrogens with two attached hydrogens (primary N) is 1. The molecule has 0 rings (SSSR count). The highest BCUT2D eigenvalue weighted by atomic mass is 16.4. The van der Waals surface area contributed by atoms with Gasteiger partial charge in [-0.3, -0.25) is 14.4 Å². The average molecular weight is 417 g/mol.